The first-order valence-electron chi connectivity index (χ1n) is 7.56. The van der Waals surface area contributed by atoms with Gasteiger partial charge in [0.15, 0.2) is 0 Å². The molecule has 1 atom stereocenters. The molecule has 1 aromatic carbocycles. The van der Waals surface area contributed by atoms with E-state index >= 15 is 0 Å². The lowest BCUT2D eigenvalue weighted by Gasteiger charge is -2.20. The predicted molar refractivity (Wildman–Crippen MR) is 88.9 cm³/mol. The van der Waals surface area contributed by atoms with Gasteiger partial charge in [-0.1, -0.05) is 31.5 Å². The van der Waals surface area contributed by atoms with E-state index in [9.17, 15) is 0 Å². The molecule has 1 aromatic heterocycles. The van der Waals surface area contributed by atoms with Crippen LogP contribution in [0, 0.1) is 6.92 Å². The summed E-state index contributed by atoms with van der Waals surface area (Å²) >= 11 is 6.18. The molecule has 21 heavy (non-hydrogen) atoms. The van der Waals surface area contributed by atoms with Crippen molar-refractivity contribution in [3.05, 3.63) is 51.8 Å². The highest BCUT2D eigenvalue weighted by molar-refractivity contribution is 6.30. The van der Waals surface area contributed by atoms with Crippen LogP contribution < -0.4 is 5.32 Å². The second kappa shape index (κ2) is 7.10. The van der Waals surface area contributed by atoms with Gasteiger partial charge < -0.3 is 5.32 Å². The van der Waals surface area contributed by atoms with Gasteiger partial charge in [-0.15, -0.1) is 0 Å². The third-order valence-electron chi connectivity index (χ3n) is 3.87. The van der Waals surface area contributed by atoms with E-state index in [1.165, 1.54) is 16.8 Å². The van der Waals surface area contributed by atoms with E-state index in [0.29, 0.717) is 0 Å². The molecule has 1 unspecified atom stereocenters. The molecule has 2 rings (SSSR count). The maximum Gasteiger partial charge on any atom is 0.0624 e. The standard InChI is InChI=1S/C17H24ClN3/c1-5-14-10-15(21(4)20-14)11-17(19-6-2)16-9-13(18)8-7-12(16)3/h7-10,17,19H,5-6,11H2,1-4H3. The van der Waals surface area contributed by atoms with Gasteiger partial charge in [-0.2, -0.15) is 5.10 Å². The van der Waals surface area contributed by atoms with Crippen molar-refractivity contribution in [3.63, 3.8) is 0 Å². The molecule has 0 amide bonds. The number of aryl methyl sites for hydroxylation is 3. The van der Waals surface area contributed by atoms with Crippen LogP contribution in [-0.2, 0) is 19.9 Å². The van der Waals surface area contributed by atoms with Gasteiger partial charge >= 0.3 is 0 Å². The Morgan fingerprint density at radius 2 is 2.05 bits per heavy atom. The summed E-state index contributed by atoms with van der Waals surface area (Å²) < 4.78 is 1.99. The molecule has 1 heterocycles. The topological polar surface area (TPSA) is 29.9 Å². The minimum Gasteiger partial charge on any atom is -0.310 e. The lowest BCUT2D eigenvalue weighted by molar-refractivity contribution is 0.526. The number of likely N-dealkylation sites (N-methyl/N-ethyl adjacent to an activating group) is 1. The lowest BCUT2D eigenvalue weighted by atomic mass is 9.97. The number of nitrogens with zero attached hydrogens (tertiary/aromatic N) is 2. The second-order valence-corrected chi connectivity index (χ2v) is 5.86. The molecule has 0 radical (unpaired) electrons. The van der Waals surface area contributed by atoms with Gasteiger partial charge in [0.05, 0.1) is 5.69 Å². The van der Waals surface area contributed by atoms with Crippen molar-refractivity contribution in [3.8, 4) is 0 Å². The Labute approximate surface area is 132 Å². The molecule has 2 aromatic rings. The first-order valence-corrected chi connectivity index (χ1v) is 7.94. The van der Waals surface area contributed by atoms with E-state index in [0.717, 1.165) is 30.1 Å². The highest BCUT2D eigenvalue weighted by Crippen LogP contribution is 2.25. The Kier molecular flexibility index (Phi) is 5.43. The molecule has 0 aliphatic carbocycles. The fourth-order valence-corrected chi connectivity index (χ4v) is 2.85. The van der Waals surface area contributed by atoms with Crippen molar-refractivity contribution in [2.75, 3.05) is 6.54 Å². The van der Waals surface area contributed by atoms with Crippen molar-refractivity contribution in [1.82, 2.24) is 15.1 Å². The monoisotopic (exact) mass is 305 g/mol. The number of hydrogen-bond acceptors (Lipinski definition) is 2. The second-order valence-electron chi connectivity index (χ2n) is 5.42. The molecule has 114 valence electrons. The maximum absolute atomic E-state index is 6.18. The van der Waals surface area contributed by atoms with Crippen LogP contribution in [0.15, 0.2) is 24.3 Å². The quantitative estimate of drug-likeness (QED) is 0.879. The number of nitrogens with one attached hydrogen (secondary N) is 1. The molecule has 0 fully saturated rings. The lowest BCUT2D eigenvalue weighted by Crippen LogP contribution is -2.24. The Balaban J connectivity index is 2.30. The molecule has 0 aliphatic heterocycles. The predicted octanol–water partition coefficient (Wildman–Crippen LogP) is 3.84. The first kappa shape index (κ1) is 16.1. The molecular formula is C17H24ClN3. The van der Waals surface area contributed by atoms with E-state index in [1.807, 2.05) is 17.8 Å². The fourth-order valence-electron chi connectivity index (χ4n) is 2.67. The normalized spacial score (nSPS) is 12.6. The van der Waals surface area contributed by atoms with Crippen LogP contribution >= 0.6 is 11.6 Å². The summed E-state index contributed by atoms with van der Waals surface area (Å²) in [6.45, 7) is 7.33. The Bertz CT molecular complexity index is 604. The van der Waals surface area contributed by atoms with Crippen LogP contribution in [0.5, 0.6) is 0 Å². The smallest absolute Gasteiger partial charge is 0.0624 e. The molecule has 0 saturated carbocycles. The summed E-state index contributed by atoms with van der Waals surface area (Å²) in [4.78, 5) is 0. The SMILES string of the molecule is CCNC(Cc1cc(CC)nn1C)c1cc(Cl)ccc1C. The zero-order valence-corrected chi connectivity index (χ0v) is 14.0. The zero-order valence-electron chi connectivity index (χ0n) is 13.3. The van der Waals surface area contributed by atoms with Gasteiger partial charge in [0, 0.05) is 30.2 Å². The highest BCUT2D eigenvalue weighted by atomic mass is 35.5. The average Bonchev–Trinajstić information content (AvgIpc) is 2.82. The Morgan fingerprint density at radius 3 is 2.67 bits per heavy atom. The van der Waals surface area contributed by atoms with Gasteiger partial charge in [0.2, 0.25) is 0 Å². The van der Waals surface area contributed by atoms with Crippen molar-refractivity contribution < 1.29 is 0 Å². The van der Waals surface area contributed by atoms with Gasteiger partial charge in [-0.25, -0.2) is 0 Å². The average molecular weight is 306 g/mol. The van der Waals surface area contributed by atoms with Gasteiger partial charge in [-0.05, 0) is 49.2 Å². The molecule has 0 spiro atoms. The number of rotatable bonds is 6. The largest absolute Gasteiger partial charge is 0.310 e. The van der Waals surface area contributed by atoms with E-state index in [1.54, 1.807) is 0 Å². The van der Waals surface area contributed by atoms with E-state index in [4.69, 9.17) is 11.6 Å². The summed E-state index contributed by atoms with van der Waals surface area (Å²) in [6, 6.07) is 8.56. The van der Waals surface area contributed by atoms with Gasteiger partial charge in [0.25, 0.3) is 0 Å². The molecule has 0 saturated heterocycles. The molecular weight excluding hydrogens is 282 g/mol. The van der Waals surface area contributed by atoms with Crippen molar-refractivity contribution >= 4 is 11.6 Å². The Morgan fingerprint density at radius 1 is 1.29 bits per heavy atom. The molecule has 4 heteroatoms. The van der Waals surface area contributed by atoms with E-state index in [2.05, 4.69) is 49.4 Å². The van der Waals surface area contributed by atoms with Crippen LogP contribution in [0.2, 0.25) is 5.02 Å². The third kappa shape index (κ3) is 3.86. The molecule has 1 N–H and O–H groups in total. The van der Waals surface area contributed by atoms with Crippen molar-refractivity contribution in [1.29, 1.82) is 0 Å². The summed E-state index contributed by atoms with van der Waals surface area (Å²) in [6.07, 6.45) is 1.88. The van der Waals surface area contributed by atoms with E-state index in [-0.39, 0.29) is 6.04 Å². The number of hydrogen-bond donors (Lipinski definition) is 1. The van der Waals surface area contributed by atoms with Crippen molar-refractivity contribution in [2.45, 2.75) is 39.7 Å². The van der Waals surface area contributed by atoms with Crippen LogP contribution in [0.1, 0.15) is 42.4 Å². The minimum absolute atomic E-state index is 0.258. The fraction of sp³-hybridized carbons (Fsp3) is 0.471. The number of halogens is 1. The van der Waals surface area contributed by atoms with Crippen molar-refractivity contribution in [2.24, 2.45) is 7.05 Å². The molecule has 0 aliphatic rings. The summed E-state index contributed by atoms with van der Waals surface area (Å²) in [7, 11) is 2.02. The van der Waals surface area contributed by atoms with Gasteiger partial charge in [0.1, 0.15) is 0 Å². The summed E-state index contributed by atoms with van der Waals surface area (Å²) in [5.74, 6) is 0. The molecule has 3 nitrogen and oxygen atoms in total. The highest BCUT2D eigenvalue weighted by Gasteiger charge is 2.16. The zero-order chi connectivity index (χ0) is 15.4. The van der Waals surface area contributed by atoms with E-state index < -0.39 is 0 Å². The molecule has 0 bridgehead atoms. The third-order valence-corrected chi connectivity index (χ3v) is 4.11. The number of aromatic nitrogens is 2. The Hall–Kier alpha value is -1.32. The van der Waals surface area contributed by atoms with Crippen LogP contribution in [0.4, 0.5) is 0 Å². The number of benzene rings is 1. The summed E-state index contributed by atoms with van der Waals surface area (Å²) in [5, 5.41) is 8.90. The van der Waals surface area contributed by atoms with Crippen LogP contribution in [-0.4, -0.2) is 16.3 Å². The summed E-state index contributed by atoms with van der Waals surface area (Å²) in [5.41, 5.74) is 4.93. The minimum atomic E-state index is 0.258. The van der Waals surface area contributed by atoms with Crippen LogP contribution in [0.3, 0.4) is 0 Å². The maximum atomic E-state index is 6.18. The van der Waals surface area contributed by atoms with Gasteiger partial charge in [-0.3, -0.25) is 4.68 Å². The van der Waals surface area contributed by atoms with Crippen LogP contribution in [0.25, 0.3) is 0 Å². The first-order chi connectivity index (χ1) is 10.0.